The van der Waals surface area contributed by atoms with Gasteiger partial charge in [-0.3, -0.25) is 4.79 Å². The number of aryl methyl sites for hydroxylation is 1. The van der Waals surface area contributed by atoms with Crippen molar-refractivity contribution in [1.29, 1.82) is 0 Å². The van der Waals surface area contributed by atoms with Crippen molar-refractivity contribution in [3.63, 3.8) is 0 Å². The van der Waals surface area contributed by atoms with E-state index in [9.17, 15) is 23.1 Å². The lowest BCUT2D eigenvalue weighted by Gasteiger charge is -2.37. The van der Waals surface area contributed by atoms with Gasteiger partial charge in [0.05, 0.1) is 10.8 Å². The van der Waals surface area contributed by atoms with Gasteiger partial charge in [0.15, 0.2) is 0 Å². The number of sulfonamides is 1. The maximum absolute atomic E-state index is 12.9. The largest absolute Gasteiger partial charge is 0.550 e. The standard InChI is InChI=1S/C19H26N2O5S/c1-14-4-6-17(7-5-14)27(25,26)21-10-2-3-16(13-21)18(22)20-11-8-15(9-12-20)19(23)24/h4-7,15-16H,2-3,8-13H2,1H3,(H,23,24)/p-1. The van der Waals surface area contributed by atoms with Gasteiger partial charge in [0.25, 0.3) is 0 Å². The van der Waals surface area contributed by atoms with E-state index in [1.807, 2.05) is 6.92 Å². The summed E-state index contributed by atoms with van der Waals surface area (Å²) in [6.45, 7) is 3.26. The lowest BCUT2D eigenvalue weighted by Crippen LogP contribution is -2.49. The molecule has 0 aliphatic carbocycles. The lowest BCUT2D eigenvalue weighted by molar-refractivity contribution is -0.312. The molecule has 1 aromatic carbocycles. The highest BCUT2D eigenvalue weighted by Crippen LogP contribution is 2.27. The predicted octanol–water partition coefficient (Wildman–Crippen LogP) is 0.384. The number of benzene rings is 1. The highest BCUT2D eigenvalue weighted by atomic mass is 32.2. The molecule has 1 amide bonds. The molecule has 0 spiro atoms. The minimum absolute atomic E-state index is 0.0735. The van der Waals surface area contributed by atoms with Crippen molar-refractivity contribution in [3.05, 3.63) is 29.8 Å². The summed E-state index contributed by atoms with van der Waals surface area (Å²) in [6.07, 6.45) is 2.08. The number of carboxylic acid groups (broad SMARTS) is 1. The maximum atomic E-state index is 12.9. The van der Waals surface area contributed by atoms with Crippen LogP contribution in [0.15, 0.2) is 29.2 Å². The van der Waals surface area contributed by atoms with E-state index in [0.717, 1.165) is 5.56 Å². The fraction of sp³-hybridized carbons (Fsp3) is 0.579. The van der Waals surface area contributed by atoms with E-state index in [1.54, 1.807) is 29.2 Å². The number of piperidine rings is 2. The monoisotopic (exact) mass is 393 g/mol. The molecule has 0 bridgehead atoms. The SMILES string of the molecule is Cc1ccc(S(=O)(=O)N2CCCC(C(=O)N3CCC(C(=O)[O-])CC3)C2)cc1. The molecule has 27 heavy (non-hydrogen) atoms. The van der Waals surface area contributed by atoms with Crippen LogP contribution >= 0.6 is 0 Å². The molecule has 1 atom stereocenters. The van der Waals surface area contributed by atoms with E-state index < -0.39 is 21.9 Å². The van der Waals surface area contributed by atoms with Gasteiger partial charge in [0.1, 0.15) is 0 Å². The molecule has 2 heterocycles. The number of hydrogen-bond acceptors (Lipinski definition) is 5. The number of nitrogens with zero attached hydrogens (tertiary/aromatic N) is 2. The Hall–Kier alpha value is -1.93. The molecular formula is C19H25N2O5S-. The van der Waals surface area contributed by atoms with Crippen molar-refractivity contribution in [3.8, 4) is 0 Å². The zero-order valence-corrected chi connectivity index (χ0v) is 16.3. The Morgan fingerprint density at radius 2 is 1.63 bits per heavy atom. The Kier molecular flexibility index (Phi) is 5.86. The molecule has 8 heteroatoms. The maximum Gasteiger partial charge on any atom is 0.243 e. The van der Waals surface area contributed by atoms with E-state index in [-0.39, 0.29) is 23.3 Å². The minimum atomic E-state index is -3.62. The molecule has 3 rings (SSSR count). The zero-order chi connectivity index (χ0) is 19.6. The van der Waals surface area contributed by atoms with Crippen molar-refractivity contribution in [2.24, 2.45) is 11.8 Å². The number of rotatable bonds is 4. The Labute approximate surface area is 160 Å². The van der Waals surface area contributed by atoms with Crippen LogP contribution in [0.4, 0.5) is 0 Å². The quantitative estimate of drug-likeness (QED) is 0.737. The summed E-state index contributed by atoms with van der Waals surface area (Å²) in [5.41, 5.74) is 0.987. The Morgan fingerprint density at radius 3 is 2.22 bits per heavy atom. The molecule has 0 radical (unpaired) electrons. The molecule has 0 N–H and O–H groups in total. The van der Waals surface area contributed by atoms with Gasteiger partial charge in [-0.2, -0.15) is 4.31 Å². The third-order valence-corrected chi connectivity index (χ3v) is 7.41. The molecule has 0 saturated carbocycles. The van der Waals surface area contributed by atoms with Gasteiger partial charge in [-0.15, -0.1) is 0 Å². The predicted molar refractivity (Wildman–Crippen MR) is 97.0 cm³/mol. The van der Waals surface area contributed by atoms with Crippen molar-refractivity contribution in [2.75, 3.05) is 26.2 Å². The van der Waals surface area contributed by atoms with Crippen molar-refractivity contribution < 1.29 is 23.1 Å². The number of carbonyl (C=O) groups is 2. The highest BCUT2D eigenvalue weighted by molar-refractivity contribution is 7.89. The normalized spacial score (nSPS) is 22.6. The third kappa shape index (κ3) is 4.32. The van der Waals surface area contributed by atoms with Crippen LogP contribution < -0.4 is 5.11 Å². The molecule has 2 saturated heterocycles. The molecule has 2 aliphatic rings. The first-order valence-electron chi connectivity index (χ1n) is 9.35. The van der Waals surface area contributed by atoms with Gasteiger partial charge in [0, 0.05) is 38.1 Å². The number of carboxylic acids is 1. The second kappa shape index (κ2) is 7.98. The van der Waals surface area contributed by atoms with E-state index in [1.165, 1.54) is 4.31 Å². The van der Waals surface area contributed by atoms with Crippen LogP contribution in [0.5, 0.6) is 0 Å². The third-order valence-electron chi connectivity index (χ3n) is 5.53. The van der Waals surface area contributed by atoms with Gasteiger partial charge in [-0.1, -0.05) is 17.7 Å². The summed E-state index contributed by atoms with van der Waals surface area (Å²) in [5.74, 6) is -2.01. The molecule has 1 unspecified atom stereocenters. The summed E-state index contributed by atoms with van der Waals surface area (Å²) >= 11 is 0. The Morgan fingerprint density at radius 1 is 1.00 bits per heavy atom. The number of likely N-dealkylation sites (tertiary alicyclic amines) is 1. The van der Waals surface area contributed by atoms with Gasteiger partial charge in [-0.05, 0) is 44.7 Å². The van der Waals surface area contributed by atoms with E-state index >= 15 is 0 Å². The van der Waals surface area contributed by atoms with Crippen LogP contribution in [-0.4, -0.2) is 55.7 Å². The fourth-order valence-corrected chi connectivity index (χ4v) is 5.34. The van der Waals surface area contributed by atoms with Crippen molar-refractivity contribution >= 4 is 21.9 Å². The second-order valence-corrected chi connectivity index (χ2v) is 9.37. The van der Waals surface area contributed by atoms with Crippen molar-refractivity contribution in [1.82, 2.24) is 9.21 Å². The molecule has 1 aromatic rings. The van der Waals surface area contributed by atoms with Crippen LogP contribution in [-0.2, 0) is 19.6 Å². The minimum Gasteiger partial charge on any atom is -0.550 e. The van der Waals surface area contributed by atoms with E-state index in [0.29, 0.717) is 45.3 Å². The summed E-state index contributed by atoms with van der Waals surface area (Å²) in [4.78, 5) is 25.7. The second-order valence-electron chi connectivity index (χ2n) is 7.43. The van der Waals surface area contributed by atoms with E-state index in [2.05, 4.69) is 0 Å². The zero-order valence-electron chi connectivity index (χ0n) is 15.5. The van der Waals surface area contributed by atoms with Crippen molar-refractivity contribution in [2.45, 2.75) is 37.5 Å². The summed E-state index contributed by atoms with van der Waals surface area (Å²) < 4.78 is 27.2. The molecule has 2 fully saturated rings. The van der Waals surface area contributed by atoms with Gasteiger partial charge in [0.2, 0.25) is 15.9 Å². The Balaban J connectivity index is 1.66. The molecule has 2 aliphatic heterocycles. The Bertz CT molecular complexity index is 798. The number of amides is 1. The fourth-order valence-electron chi connectivity index (χ4n) is 3.82. The average molecular weight is 393 g/mol. The average Bonchev–Trinajstić information content (AvgIpc) is 2.68. The smallest absolute Gasteiger partial charge is 0.243 e. The number of carbonyl (C=O) groups excluding carboxylic acids is 2. The highest BCUT2D eigenvalue weighted by Gasteiger charge is 2.36. The molecular weight excluding hydrogens is 368 g/mol. The summed E-state index contributed by atoms with van der Waals surface area (Å²) in [7, 11) is -3.62. The molecule has 0 aromatic heterocycles. The molecule has 148 valence electrons. The van der Waals surface area contributed by atoms with Gasteiger partial charge >= 0.3 is 0 Å². The first-order valence-corrected chi connectivity index (χ1v) is 10.8. The van der Waals surface area contributed by atoms with Crippen LogP contribution in [0.25, 0.3) is 0 Å². The first kappa shape index (κ1) is 19.8. The van der Waals surface area contributed by atoms with Gasteiger partial charge in [-0.25, -0.2) is 8.42 Å². The van der Waals surface area contributed by atoms with E-state index in [4.69, 9.17) is 0 Å². The topological polar surface area (TPSA) is 97.8 Å². The number of aliphatic carboxylic acids is 1. The summed E-state index contributed by atoms with van der Waals surface area (Å²) in [5, 5.41) is 11.0. The van der Waals surface area contributed by atoms with Crippen LogP contribution in [0.3, 0.4) is 0 Å². The number of hydrogen-bond donors (Lipinski definition) is 0. The van der Waals surface area contributed by atoms with Crippen LogP contribution in [0.2, 0.25) is 0 Å². The molecule has 7 nitrogen and oxygen atoms in total. The first-order chi connectivity index (χ1) is 12.8. The van der Waals surface area contributed by atoms with Gasteiger partial charge < -0.3 is 14.8 Å². The van der Waals surface area contributed by atoms with Crippen LogP contribution in [0, 0.1) is 18.8 Å². The van der Waals surface area contributed by atoms with Crippen LogP contribution in [0.1, 0.15) is 31.2 Å². The lowest BCUT2D eigenvalue weighted by atomic mass is 9.93. The summed E-state index contributed by atoms with van der Waals surface area (Å²) in [6, 6.07) is 6.73.